The van der Waals surface area contributed by atoms with Gasteiger partial charge >= 0.3 is 0 Å². The standard InChI is InChI=1S/C14H10BrNS2/c1-9-13(10-5-2-3-6-11(10)15)16-14(18-9)12-7-4-8-17-12/h2-8H,1H3. The van der Waals surface area contributed by atoms with Crippen molar-refractivity contribution in [3.05, 3.63) is 51.1 Å². The Morgan fingerprint density at radius 3 is 2.67 bits per heavy atom. The second-order valence-corrected chi connectivity index (χ2v) is 6.89. The molecule has 3 rings (SSSR count). The Hall–Kier alpha value is -0.970. The summed E-state index contributed by atoms with van der Waals surface area (Å²) in [7, 11) is 0. The zero-order valence-electron chi connectivity index (χ0n) is 9.68. The van der Waals surface area contributed by atoms with E-state index in [4.69, 9.17) is 4.98 Å². The van der Waals surface area contributed by atoms with Crippen molar-refractivity contribution in [2.75, 3.05) is 0 Å². The third-order valence-electron chi connectivity index (χ3n) is 2.66. The topological polar surface area (TPSA) is 12.9 Å². The number of hydrogen-bond donors (Lipinski definition) is 0. The van der Waals surface area contributed by atoms with Crippen LogP contribution in [-0.2, 0) is 0 Å². The first-order valence-corrected chi connectivity index (χ1v) is 8.01. The van der Waals surface area contributed by atoms with Gasteiger partial charge in [-0.15, -0.1) is 22.7 Å². The Morgan fingerprint density at radius 2 is 1.94 bits per heavy atom. The summed E-state index contributed by atoms with van der Waals surface area (Å²) >= 11 is 7.08. The first kappa shape index (κ1) is 12.1. The van der Waals surface area contributed by atoms with Crippen molar-refractivity contribution >= 4 is 38.6 Å². The molecule has 90 valence electrons. The van der Waals surface area contributed by atoms with Gasteiger partial charge < -0.3 is 0 Å². The number of aryl methyl sites for hydroxylation is 1. The van der Waals surface area contributed by atoms with Crippen LogP contribution in [0.2, 0.25) is 0 Å². The number of halogens is 1. The first-order valence-electron chi connectivity index (χ1n) is 5.52. The van der Waals surface area contributed by atoms with Crippen LogP contribution in [0, 0.1) is 6.92 Å². The van der Waals surface area contributed by atoms with Crippen molar-refractivity contribution in [2.24, 2.45) is 0 Å². The zero-order chi connectivity index (χ0) is 12.5. The highest BCUT2D eigenvalue weighted by atomic mass is 79.9. The largest absolute Gasteiger partial charge is 0.235 e. The average Bonchev–Trinajstić information content (AvgIpc) is 2.99. The molecule has 0 aliphatic heterocycles. The zero-order valence-corrected chi connectivity index (χ0v) is 12.9. The van der Waals surface area contributed by atoms with Gasteiger partial charge in [0.2, 0.25) is 0 Å². The van der Waals surface area contributed by atoms with Crippen molar-refractivity contribution in [2.45, 2.75) is 6.92 Å². The summed E-state index contributed by atoms with van der Waals surface area (Å²) in [5, 5.41) is 3.19. The molecule has 0 unspecified atom stereocenters. The van der Waals surface area contributed by atoms with E-state index in [-0.39, 0.29) is 0 Å². The summed E-state index contributed by atoms with van der Waals surface area (Å²) in [5.74, 6) is 0. The third kappa shape index (κ3) is 2.16. The molecule has 4 heteroatoms. The van der Waals surface area contributed by atoms with Crippen molar-refractivity contribution in [1.29, 1.82) is 0 Å². The number of nitrogens with zero attached hydrogens (tertiary/aromatic N) is 1. The molecule has 0 atom stereocenters. The quantitative estimate of drug-likeness (QED) is 0.593. The molecule has 2 aromatic heterocycles. The molecule has 0 amide bonds. The minimum absolute atomic E-state index is 1.08. The van der Waals surface area contributed by atoms with E-state index in [0.717, 1.165) is 20.7 Å². The predicted octanol–water partition coefficient (Wildman–Crippen LogP) is 5.61. The van der Waals surface area contributed by atoms with Gasteiger partial charge in [0.15, 0.2) is 0 Å². The highest BCUT2D eigenvalue weighted by molar-refractivity contribution is 9.10. The van der Waals surface area contributed by atoms with E-state index < -0.39 is 0 Å². The van der Waals surface area contributed by atoms with E-state index in [0.29, 0.717) is 0 Å². The summed E-state index contributed by atoms with van der Waals surface area (Å²) < 4.78 is 1.09. The second-order valence-electron chi connectivity index (χ2n) is 3.88. The molecule has 18 heavy (non-hydrogen) atoms. The minimum atomic E-state index is 1.08. The molecule has 2 heterocycles. The van der Waals surface area contributed by atoms with Gasteiger partial charge in [0, 0.05) is 14.9 Å². The molecule has 0 aliphatic carbocycles. The van der Waals surface area contributed by atoms with Crippen LogP contribution in [-0.4, -0.2) is 4.98 Å². The third-order valence-corrected chi connectivity index (χ3v) is 5.36. The fourth-order valence-corrected chi connectivity index (χ4v) is 4.00. The van der Waals surface area contributed by atoms with Crippen LogP contribution in [0.4, 0.5) is 0 Å². The molecule has 1 nitrogen and oxygen atoms in total. The molecule has 0 spiro atoms. The SMILES string of the molecule is Cc1sc(-c2cccs2)nc1-c1ccccc1Br. The lowest BCUT2D eigenvalue weighted by Crippen LogP contribution is -1.82. The summed E-state index contributed by atoms with van der Waals surface area (Å²) in [5.41, 5.74) is 2.24. The Labute approximate surface area is 122 Å². The maximum absolute atomic E-state index is 4.78. The monoisotopic (exact) mass is 335 g/mol. The molecular formula is C14H10BrNS2. The smallest absolute Gasteiger partial charge is 0.134 e. The fraction of sp³-hybridized carbons (Fsp3) is 0.0714. The van der Waals surface area contributed by atoms with Crippen molar-refractivity contribution in [1.82, 2.24) is 4.98 Å². The molecule has 3 aromatic rings. The molecule has 0 N–H and O–H groups in total. The Morgan fingerprint density at radius 1 is 1.11 bits per heavy atom. The van der Waals surface area contributed by atoms with E-state index in [9.17, 15) is 0 Å². The highest BCUT2D eigenvalue weighted by Crippen LogP contribution is 2.37. The van der Waals surface area contributed by atoms with Gasteiger partial charge in [-0.25, -0.2) is 4.98 Å². The van der Waals surface area contributed by atoms with Crippen LogP contribution >= 0.6 is 38.6 Å². The molecule has 0 saturated carbocycles. The fourth-order valence-electron chi connectivity index (χ4n) is 1.81. The van der Waals surface area contributed by atoms with Crippen LogP contribution in [0.3, 0.4) is 0 Å². The maximum Gasteiger partial charge on any atom is 0.134 e. The van der Waals surface area contributed by atoms with E-state index >= 15 is 0 Å². The van der Waals surface area contributed by atoms with Crippen LogP contribution in [0.25, 0.3) is 21.1 Å². The molecule has 0 aliphatic rings. The van der Waals surface area contributed by atoms with Gasteiger partial charge in [-0.05, 0) is 24.4 Å². The lowest BCUT2D eigenvalue weighted by atomic mass is 10.1. The van der Waals surface area contributed by atoms with Gasteiger partial charge in [-0.3, -0.25) is 0 Å². The van der Waals surface area contributed by atoms with Gasteiger partial charge in [-0.1, -0.05) is 40.2 Å². The lowest BCUT2D eigenvalue weighted by molar-refractivity contribution is 1.37. The molecule has 0 bridgehead atoms. The lowest BCUT2D eigenvalue weighted by Gasteiger charge is -2.01. The van der Waals surface area contributed by atoms with Crippen LogP contribution in [0.5, 0.6) is 0 Å². The Bertz CT molecular complexity index is 671. The summed E-state index contributed by atoms with van der Waals surface area (Å²) in [6.07, 6.45) is 0. The van der Waals surface area contributed by atoms with Crippen LogP contribution < -0.4 is 0 Å². The van der Waals surface area contributed by atoms with E-state index in [2.05, 4.69) is 52.5 Å². The van der Waals surface area contributed by atoms with Gasteiger partial charge in [0.25, 0.3) is 0 Å². The number of hydrogen-bond acceptors (Lipinski definition) is 3. The van der Waals surface area contributed by atoms with Gasteiger partial charge in [0.05, 0.1) is 10.6 Å². The summed E-state index contributed by atoms with van der Waals surface area (Å²) in [4.78, 5) is 7.27. The number of benzene rings is 1. The van der Waals surface area contributed by atoms with Crippen molar-refractivity contribution < 1.29 is 0 Å². The van der Waals surface area contributed by atoms with E-state index in [1.807, 2.05) is 12.1 Å². The van der Waals surface area contributed by atoms with E-state index in [1.165, 1.54) is 9.75 Å². The Balaban J connectivity index is 2.12. The number of rotatable bonds is 2. The Kier molecular flexibility index (Phi) is 3.33. The summed E-state index contributed by atoms with van der Waals surface area (Å²) in [6.45, 7) is 2.13. The predicted molar refractivity (Wildman–Crippen MR) is 83.3 cm³/mol. The molecule has 0 radical (unpaired) electrons. The molecular weight excluding hydrogens is 326 g/mol. The molecule has 1 aromatic carbocycles. The van der Waals surface area contributed by atoms with Crippen LogP contribution in [0.15, 0.2) is 46.3 Å². The van der Waals surface area contributed by atoms with Gasteiger partial charge in [0.1, 0.15) is 5.01 Å². The minimum Gasteiger partial charge on any atom is -0.235 e. The normalized spacial score (nSPS) is 10.8. The van der Waals surface area contributed by atoms with Crippen LogP contribution in [0.1, 0.15) is 4.88 Å². The van der Waals surface area contributed by atoms with Gasteiger partial charge in [-0.2, -0.15) is 0 Å². The second kappa shape index (κ2) is 4.96. The maximum atomic E-state index is 4.78. The number of thiazole rings is 1. The molecule has 0 fully saturated rings. The van der Waals surface area contributed by atoms with Crippen molar-refractivity contribution in [3.8, 4) is 21.1 Å². The van der Waals surface area contributed by atoms with E-state index in [1.54, 1.807) is 22.7 Å². The highest BCUT2D eigenvalue weighted by Gasteiger charge is 2.13. The number of aromatic nitrogens is 1. The average molecular weight is 336 g/mol. The van der Waals surface area contributed by atoms with Crippen molar-refractivity contribution in [3.63, 3.8) is 0 Å². The first-order chi connectivity index (χ1) is 8.75. The number of thiophene rings is 1. The summed E-state index contributed by atoms with van der Waals surface area (Å²) in [6, 6.07) is 12.4. The molecule has 0 saturated heterocycles.